The number of unbranched alkanes of at least 4 members (excludes halogenated alkanes) is 1. The number of rotatable bonds is 5. The molecule has 2 rings (SSSR count). The number of amides is 1. The average Bonchev–Trinajstić information content (AvgIpc) is 2.96. The van der Waals surface area contributed by atoms with E-state index in [2.05, 4.69) is 6.92 Å². The Bertz CT molecular complexity index is 577. The van der Waals surface area contributed by atoms with Gasteiger partial charge in [-0.15, -0.1) is 11.3 Å². The van der Waals surface area contributed by atoms with E-state index in [9.17, 15) is 13.2 Å². The van der Waals surface area contributed by atoms with Crippen LogP contribution in [0, 0.1) is 6.92 Å². The molecule has 20 heavy (non-hydrogen) atoms. The van der Waals surface area contributed by atoms with Gasteiger partial charge in [-0.3, -0.25) is 4.79 Å². The van der Waals surface area contributed by atoms with E-state index in [4.69, 9.17) is 0 Å². The lowest BCUT2D eigenvalue weighted by Gasteiger charge is -2.27. The van der Waals surface area contributed by atoms with E-state index in [-0.39, 0.29) is 23.5 Å². The highest BCUT2D eigenvalue weighted by atomic mass is 32.2. The van der Waals surface area contributed by atoms with Gasteiger partial charge >= 0.3 is 0 Å². The molecule has 0 radical (unpaired) electrons. The zero-order valence-corrected chi connectivity index (χ0v) is 13.6. The minimum absolute atomic E-state index is 0.0151. The van der Waals surface area contributed by atoms with Crippen molar-refractivity contribution in [3.05, 3.63) is 21.9 Å². The molecule has 1 aliphatic rings. The molecule has 112 valence electrons. The van der Waals surface area contributed by atoms with Crippen LogP contribution < -0.4 is 0 Å². The molecule has 0 aromatic carbocycles. The maximum Gasteiger partial charge on any atom is 0.264 e. The van der Waals surface area contributed by atoms with Crippen molar-refractivity contribution in [3.8, 4) is 0 Å². The molecule has 2 heterocycles. The molecular weight excluding hydrogens is 294 g/mol. The van der Waals surface area contributed by atoms with E-state index in [1.54, 1.807) is 4.90 Å². The maximum atomic E-state index is 12.6. The monoisotopic (exact) mass is 315 g/mol. The first-order valence-corrected chi connectivity index (χ1v) is 9.64. The second-order valence-electron chi connectivity index (χ2n) is 5.32. The largest absolute Gasteiger partial charge is 0.334 e. The molecule has 0 saturated carbocycles. The molecule has 0 aliphatic carbocycles. The molecule has 1 aliphatic heterocycles. The number of hydrogen-bond acceptors (Lipinski definition) is 4. The van der Waals surface area contributed by atoms with E-state index in [1.807, 2.05) is 19.1 Å². The van der Waals surface area contributed by atoms with E-state index in [1.165, 1.54) is 11.3 Å². The number of sulfone groups is 1. The Morgan fingerprint density at radius 1 is 1.45 bits per heavy atom. The van der Waals surface area contributed by atoms with E-state index in [0.29, 0.717) is 17.8 Å². The van der Waals surface area contributed by atoms with Gasteiger partial charge in [-0.1, -0.05) is 13.3 Å². The molecule has 1 aromatic rings. The topological polar surface area (TPSA) is 54.5 Å². The van der Waals surface area contributed by atoms with Crippen LogP contribution in [-0.4, -0.2) is 43.3 Å². The molecule has 1 unspecified atom stereocenters. The summed E-state index contributed by atoms with van der Waals surface area (Å²) in [7, 11) is -2.97. The molecule has 1 aromatic heterocycles. The lowest BCUT2D eigenvalue weighted by atomic mass is 10.2. The van der Waals surface area contributed by atoms with Crippen LogP contribution in [0.4, 0.5) is 0 Å². The third kappa shape index (κ3) is 3.61. The summed E-state index contributed by atoms with van der Waals surface area (Å²) in [4.78, 5) is 16.2. The van der Waals surface area contributed by atoms with Crippen LogP contribution >= 0.6 is 11.3 Å². The minimum Gasteiger partial charge on any atom is -0.334 e. The van der Waals surface area contributed by atoms with Crippen LogP contribution in [0.3, 0.4) is 0 Å². The number of carbonyl (C=O) groups excluding carboxylic acids is 1. The van der Waals surface area contributed by atoms with Gasteiger partial charge < -0.3 is 4.90 Å². The smallest absolute Gasteiger partial charge is 0.264 e. The molecule has 1 atom stereocenters. The van der Waals surface area contributed by atoms with Crippen molar-refractivity contribution >= 4 is 27.1 Å². The third-order valence-corrected chi connectivity index (χ3v) is 6.35. The van der Waals surface area contributed by atoms with Crippen LogP contribution in [0.25, 0.3) is 0 Å². The number of thiophene rings is 1. The lowest BCUT2D eigenvalue weighted by Crippen LogP contribution is -2.41. The predicted octanol–water partition coefficient (Wildman–Crippen LogP) is 2.49. The van der Waals surface area contributed by atoms with E-state index in [0.717, 1.165) is 17.7 Å². The number of aryl methyl sites for hydroxylation is 1. The van der Waals surface area contributed by atoms with Gasteiger partial charge in [0.15, 0.2) is 9.84 Å². The maximum absolute atomic E-state index is 12.6. The molecule has 6 heteroatoms. The van der Waals surface area contributed by atoms with Crippen LogP contribution in [-0.2, 0) is 9.84 Å². The Labute approximate surface area is 124 Å². The van der Waals surface area contributed by atoms with Crippen molar-refractivity contribution < 1.29 is 13.2 Å². The number of hydrogen-bond donors (Lipinski definition) is 0. The Balaban J connectivity index is 2.17. The van der Waals surface area contributed by atoms with Crippen LogP contribution in [0.1, 0.15) is 40.7 Å². The van der Waals surface area contributed by atoms with Gasteiger partial charge in [0.25, 0.3) is 5.91 Å². The van der Waals surface area contributed by atoms with Gasteiger partial charge in [0.2, 0.25) is 0 Å². The van der Waals surface area contributed by atoms with Crippen molar-refractivity contribution in [2.24, 2.45) is 0 Å². The van der Waals surface area contributed by atoms with Crippen molar-refractivity contribution in [3.63, 3.8) is 0 Å². The summed E-state index contributed by atoms with van der Waals surface area (Å²) in [5, 5.41) is 0. The van der Waals surface area contributed by atoms with Crippen LogP contribution in [0.2, 0.25) is 0 Å². The first-order valence-electron chi connectivity index (χ1n) is 7.01. The Morgan fingerprint density at radius 3 is 2.70 bits per heavy atom. The van der Waals surface area contributed by atoms with Crippen molar-refractivity contribution in [1.82, 2.24) is 4.90 Å². The molecule has 1 fully saturated rings. The second-order valence-corrected chi connectivity index (χ2v) is 8.84. The predicted molar refractivity (Wildman–Crippen MR) is 82.1 cm³/mol. The van der Waals surface area contributed by atoms with Crippen molar-refractivity contribution in [2.75, 3.05) is 18.1 Å². The third-order valence-electron chi connectivity index (χ3n) is 3.61. The first kappa shape index (κ1) is 15.5. The highest BCUT2D eigenvalue weighted by Crippen LogP contribution is 2.23. The fourth-order valence-electron chi connectivity index (χ4n) is 2.49. The highest BCUT2D eigenvalue weighted by Gasteiger charge is 2.34. The first-order chi connectivity index (χ1) is 9.43. The average molecular weight is 315 g/mol. The summed E-state index contributed by atoms with van der Waals surface area (Å²) in [6.45, 7) is 4.69. The molecule has 4 nitrogen and oxygen atoms in total. The quantitative estimate of drug-likeness (QED) is 0.839. The van der Waals surface area contributed by atoms with Gasteiger partial charge in [-0.2, -0.15) is 0 Å². The summed E-state index contributed by atoms with van der Waals surface area (Å²) in [5.74, 6) is 0.308. The zero-order chi connectivity index (χ0) is 14.8. The van der Waals surface area contributed by atoms with Crippen molar-refractivity contribution in [1.29, 1.82) is 0 Å². The summed E-state index contributed by atoms with van der Waals surface area (Å²) in [6.07, 6.45) is 2.47. The Morgan fingerprint density at radius 2 is 2.20 bits per heavy atom. The number of carbonyl (C=O) groups is 1. The standard InChI is InChI=1S/C14H21NO3S2/c1-3-4-8-15(12-7-9-20(17,18)10-12)14(16)13-6-5-11(2)19-13/h5-6,12H,3-4,7-10H2,1-2H3. The van der Waals surface area contributed by atoms with Gasteiger partial charge in [0.05, 0.1) is 16.4 Å². The van der Waals surface area contributed by atoms with E-state index >= 15 is 0 Å². The molecular formula is C14H21NO3S2. The summed E-state index contributed by atoms with van der Waals surface area (Å²) in [6, 6.07) is 3.62. The van der Waals surface area contributed by atoms with Crippen molar-refractivity contribution in [2.45, 2.75) is 39.2 Å². The molecule has 0 bridgehead atoms. The number of nitrogens with zero attached hydrogens (tertiary/aromatic N) is 1. The van der Waals surface area contributed by atoms with Crippen LogP contribution in [0.15, 0.2) is 12.1 Å². The summed E-state index contributed by atoms with van der Waals surface area (Å²) < 4.78 is 23.3. The SMILES string of the molecule is CCCCN(C(=O)c1ccc(C)s1)C1CCS(=O)(=O)C1. The normalized spacial score (nSPS) is 21.0. The molecule has 1 saturated heterocycles. The molecule has 1 amide bonds. The summed E-state index contributed by atoms with van der Waals surface area (Å²) >= 11 is 1.48. The van der Waals surface area contributed by atoms with Crippen LogP contribution in [0.5, 0.6) is 0 Å². The van der Waals surface area contributed by atoms with Gasteiger partial charge in [-0.25, -0.2) is 8.42 Å². The summed E-state index contributed by atoms with van der Waals surface area (Å²) in [5.41, 5.74) is 0. The lowest BCUT2D eigenvalue weighted by molar-refractivity contribution is 0.0699. The Kier molecular flexibility index (Phi) is 4.86. The second kappa shape index (κ2) is 6.26. The fourth-order valence-corrected chi connectivity index (χ4v) is 5.04. The van der Waals surface area contributed by atoms with Gasteiger partial charge in [-0.05, 0) is 31.9 Å². The minimum atomic E-state index is -2.97. The van der Waals surface area contributed by atoms with E-state index < -0.39 is 9.84 Å². The highest BCUT2D eigenvalue weighted by molar-refractivity contribution is 7.91. The van der Waals surface area contributed by atoms with Gasteiger partial charge in [0.1, 0.15) is 0 Å². The van der Waals surface area contributed by atoms with Gasteiger partial charge in [0, 0.05) is 17.5 Å². The fraction of sp³-hybridized carbons (Fsp3) is 0.643. The zero-order valence-electron chi connectivity index (χ0n) is 12.0. The molecule has 0 N–H and O–H groups in total. The Hall–Kier alpha value is -0.880. The molecule has 0 spiro atoms.